The highest BCUT2D eigenvalue weighted by Crippen LogP contribution is 2.38. The Morgan fingerprint density at radius 1 is 1.26 bits per heavy atom. The Balaban J connectivity index is 2.45. The molecule has 2 rings (SSSR count). The molecule has 19 heavy (non-hydrogen) atoms. The molecule has 0 spiro atoms. The number of hydrogen-bond acceptors (Lipinski definition) is 1. The lowest BCUT2D eigenvalue weighted by atomic mass is 10.0. The van der Waals surface area contributed by atoms with Gasteiger partial charge in [-0.05, 0) is 58.5 Å². The smallest absolute Gasteiger partial charge is 0.123 e. The normalized spacial score (nSPS) is 12.3. The Hall–Kier alpha value is -0.330. The van der Waals surface area contributed by atoms with E-state index in [1.54, 1.807) is 13.2 Å². The third-order valence-electron chi connectivity index (χ3n) is 2.70. The Morgan fingerprint density at radius 3 is 2.63 bits per heavy atom. The average Bonchev–Trinajstić information content (AvgIpc) is 2.41. The van der Waals surface area contributed by atoms with Crippen molar-refractivity contribution in [3.8, 4) is 5.75 Å². The third-order valence-corrected chi connectivity index (χ3v) is 5.30. The van der Waals surface area contributed by atoms with Gasteiger partial charge in [0.1, 0.15) is 11.6 Å². The van der Waals surface area contributed by atoms with Gasteiger partial charge in [-0.15, -0.1) is 0 Å². The summed E-state index contributed by atoms with van der Waals surface area (Å²) in [5.41, 5.74) is 1.69. The van der Waals surface area contributed by atoms with Gasteiger partial charge in [-0.25, -0.2) is 4.39 Å². The van der Waals surface area contributed by atoms with Gasteiger partial charge in [0, 0.05) is 9.13 Å². The lowest BCUT2D eigenvalue weighted by Crippen LogP contribution is -1.98. The van der Waals surface area contributed by atoms with E-state index in [0.29, 0.717) is 10.8 Å². The van der Waals surface area contributed by atoms with Crippen molar-refractivity contribution in [2.24, 2.45) is 0 Å². The molecular formula is C14H10BrClFIO. The molecule has 0 saturated carbocycles. The van der Waals surface area contributed by atoms with Crippen LogP contribution in [0.25, 0.3) is 0 Å². The summed E-state index contributed by atoms with van der Waals surface area (Å²) in [5, 5.41) is 0.679. The minimum atomic E-state index is -0.295. The number of benzene rings is 2. The average molecular weight is 455 g/mol. The molecule has 0 amide bonds. The van der Waals surface area contributed by atoms with Gasteiger partial charge in [0.25, 0.3) is 0 Å². The minimum Gasteiger partial charge on any atom is -0.496 e. The van der Waals surface area contributed by atoms with Crippen molar-refractivity contribution in [2.75, 3.05) is 7.11 Å². The summed E-state index contributed by atoms with van der Waals surface area (Å²) in [6, 6.07) is 10.2. The molecule has 0 saturated heterocycles. The fourth-order valence-electron chi connectivity index (χ4n) is 1.75. The molecule has 1 unspecified atom stereocenters. The van der Waals surface area contributed by atoms with Gasteiger partial charge in [0.2, 0.25) is 0 Å². The maximum absolute atomic E-state index is 13.4. The molecule has 0 aromatic heterocycles. The van der Waals surface area contributed by atoms with Crippen molar-refractivity contribution in [3.05, 3.63) is 61.9 Å². The van der Waals surface area contributed by atoms with Gasteiger partial charge in [0.05, 0.1) is 17.0 Å². The molecule has 0 heterocycles. The van der Waals surface area contributed by atoms with E-state index >= 15 is 0 Å². The van der Waals surface area contributed by atoms with Crippen LogP contribution in [0.1, 0.15) is 16.0 Å². The van der Waals surface area contributed by atoms with Crippen molar-refractivity contribution >= 4 is 50.1 Å². The van der Waals surface area contributed by atoms with Gasteiger partial charge in [-0.2, -0.15) is 0 Å². The molecule has 2 aromatic carbocycles. The summed E-state index contributed by atoms with van der Waals surface area (Å²) in [7, 11) is 1.57. The highest BCUT2D eigenvalue weighted by molar-refractivity contribution is 14.1. The van der Waals surface area contributed by atoms with E-state index < -0.39 is 0 Å². The summed E-state index contributed by atoms with van der Waals surface area (Å²) in [6.07, 6.45) is 0. The van der Waals surface area contributed by atoms with E-state index in [-0.39, 0.29) is 10.6 Å². The number of rotatable bonds is 3. The Labute approximate surface area is 138 Å². The standard InChI is InChI=1S/C14H10BrClFIO/c1-19-13-5-3-9(17)7-10(13)14(15)8-2-4-12(18)11(16)6-8/h2-7,14H,1H3. The topological polar surface area (TPSA) is 9.23 Å². The third kappa shape index (κ3) is 3.41. The first-order chi connectivity index (χ1) is 9.02. The second-order valence-electron chi connectivity index (χ2n) is 3.92. The molecule has 2 aromatic rings. The first kappa shape index (κ1) is 15.1. The maximum Gasteiger partial charge on any atom is 0.123 e. The van der Waals surface area contributed by atoms with Crippen LogP contribution in [0.2, 0.25) is 5.02 Å². The fourth-order valence-corrected chi connectivity index (χ4v) is 2.92. The zero-order valence-corrected chi connectivity index (χ0v) is 14.5. The summed E-state index contributed by atoms with van der Waals surface area (Å²) in [6.45, 7) is 0. The van der Waals surface area contributed by atoms with Gasteiger partial charge >= 0.3 is 0 Å². The molecule has 0 radical (unpaired) electrons. The quantitative estimate of drug-likeness (QED) is 0.434. The van der Waals surface area contributed by atoms with Crippen molar-refractivity contribution in [2.45, 2.75) is 4.83 Å². The number of ether oxygens (including phenoxy) is 1. The molecule has 100 valence electrons. The number of hydrogen-bond donors (Lipinski definition) is 0. The maximum atomic E-state index is 13.4. The van der Waals surface area contributed by atoms with Crippen molar-refractivity contribution < 1.29 is 9.13 Å². The first-order valence-corrected chi connectivity index (χ1v) is 7.82. The zero-order chi connectivity index (χ0) is 14.0. The fraction of sp³-hybridized carbons (Fsp3) is 0.143. The van der Waals surface area contributed by atoms with E-state index in [4.69, 9.17) is 16.3 Å². The second-order valence-corrected chi connectivity index (χ2v) is 6.41. The van der Waals surface area contributed by atoms with Crippen LogP contribution >= 0.6 is 50.1 Å². The molecule has 0 aliphatic rings. The Morgan fingerprint density at radius 2 is 2.00 bits per heavy atom. The highest BCUT2D eigenvalue weighted by Gasteiger charge is 2.17. The van der Waals surface area contributed by atoms with E-state index in [0.717, 1.165) is 14.7 Å². The van der Waals surface area contributed by atoms with Crippen LogP contribution in [0.4, 0.5) is 4.39 Å². The van der Waals surface area contributed by atoms with Crippen LogP contribution < -0.4 is 4.74 Å². The Bertz CT molecular complexity index is 606. The van der Waals surface area contributed by atoms with Crippen molar-refractivity contribution in [1.82, 2.24) is 0 Å². The van der Waals surface area contributed by atoms with Gasteiger partial charge in [-0.3, -0.25) is 0 Å². The molecule has 5 heteroatoms. The van der Waals surface area contributed by atoms with Crippen molar-refractivity contribution in [3.63, 3.8) is 0 Å². The molecule has 1 nitrogen and oxygen atoms in total. The van der Waals surface area contributed by atoms with Crippen LogP contribution in [0, 0.1) is 9.39 Å². The summed E-state index contributed by atoms with van der Waals surface area (Å²) in [5.74, 6) is 0.342. The zero-order valence-electron chi connectivity index (χ0n) is 9.96. The van der Waals surface area contributed by atoms with Crippen LogP contribution in [-0.2, 0) is 0 Å². The monoisotopic (exact) mass is 454 g/mol. The molecule has 0 aliphatic heterocycles. The second kappa shape index (κ2) is 6.41. The molecule has 0 bridgehead atoms. The molecular weight excluding hydrogens is 445 g/mol. The van der Waals surface area contributed by atoms with E-state index in [2.05, 4.69) is 38.5 Å². The molecule has 0 aliphatic carbocycles. The predicted octanol–water partition coefficient (Wildman–Crippen LogP) is 5.58. The van der Waals surface area contributed by atoms with Crippen LogP contribution in [0.5, 0.6) is 5.75 Å². The van der Waals surface area contributed by atoms with Crippen LogP contribution in [0.15, 0.2) is 36.4 Å². The first-order valence-electron chi connectivity index (χ1n) is 5.45. The predicted molar refractivity (Wildman–Crippen MR) is 87.9 cm³/mol. The van der Waals surface area contributed by atoms with Crippen LogP contribution in [-0.4, -0.2) is 7.11 Å². The molecule has 0 fully saturated rings. The molecule has 1 atom stereocenters. The summed E-state index contributed by atoms with van der Waals surface area (Å²) < 4.78 is 19.6. The van der Waals surface area contributed by atoms with Crippen LogP contribution in [0.3, 0.4) is 0 Å². The lowest BCUT2D eigenvalue weighted by molar-refractivity contribution is 0.409. The van der Waals surface area contributed by atoms with Gasteiger partial charge in [0.15, 0.2) is 0 Å². The number of halogens is 4. The Kier molecular flexibility index (Phi) is 5.09. The lowest BCUT2D eigenvalue weighted by Gasteiger charge is -2.15. The van der Waals surface area contributed by atoms with E-state index in [1.165, 1.54) is 12.1 Å². The van der Waals surface area contributed by atoms with Gasteiger partial charge in [-0.1, -0.05) is 33.6 Å². The van der Waals surface area contributed by atoms with Gasteiger partial charge < -0.3 is 4.74 Å². The highest BCUT2D eigenvalue weighted by atomic mass is 127. The summed E-state index contributed by atoms with van der Waals surface area (Å²) in [4.78, 5) is -0.173. The van der Waals surface area contributed by atoms with Crippen molar-refractivity contribution in [1.29, 1.82) is 0 Å². The summed E-state index contributed by atoms with van der Waals surface area (Å²) >= 11 is 11.9. The number of methoxy groups -OCH3 is 1. The number of alkyl halides is 1. The SMILES string of the molecule is COc1ccc(F)cc1C(Br)c1ccc(I)c(Cl)c1. The van der Waals surface area contributed by atoms with E-state index in [9.17, 15) is 4.39 Å². The minimum absolute atomic E-state index is 0.173. The van der Waals surface area contributed by atoms with E-state index in [1.807, 2.05) is 18.2 Å². The largest absolute Gasteiger partial charge is 0.496 e. The molecule has 0 N–H and O–H groups in total.